The van der Waals surface area contributed by atoms with Gasteiger partial charge in [-0.3, -0.25) is 0 Å². The fraction of sp³-hybridized carbons (Fsp3) is 0.727. The quantitative estimate of drug-likeness (QED) is 0.668. The number of hydrogen-bond acceptors (Lipinski definition) is 4. The summed E-state index contributed by atoms with van der Waals surface area (Å²) >= 11 is 0. The molecule has 0 saturated carbocycles. The average molecular weight is 212 g/mol. The second kappa shape index (κ2) is 7.43. The minimum atomic E-state index is 0.716. The maximum atomic E-state index is 5.46. The molecule has 86 valence electrons. The zero-order valence-electron chi connectivity index (χ0n) is 9.53. The van der Waals surface area contributed by atoms with Gasteiger partial charge in [-0.25, -0.2) is 0 Å². The van der Waals surface area contributed by atoms with E-state index in [0.29, 0.717) is 5.92 Å². The summed E-state index contributed by atoms with van der Waals surface area (Å²) in [4.78, 5) is 0. The lowest BCUT2D eigenvalue weighted by Gasteiger charge is -2.06. The summed E-state index contributed by atoms with van der Waals surface area (Å²) in [7, 11) is 0. The van der Waals surface area contributed by atoms with Gasteiger partial charge in [0.15, 0.2) is 0 Å². The minimum absolute atomic E-state index is 0.716. The molecule has 1 heterocycles. The standard InChI is InChI=1S/C11H20N2O2/c1-10(2)3-6-14-8-5-12-9-11-4-7-15-13-11/h4,7,10,12H,3,5-6,8-9H2,1-2H3. The van der Waals surface area contributed by atoms with Crippen LogP contribution in [0.3, 0.4) is 0 Å². The Kier molecular flexibility index (Phi) is 6.04. The highest BCUT2D eigenvalue weighted by atomic mass is 16.5. The van der Waals surface area contributed by atoms with Gasteiger partial charge in [0.25, 0.3) is 0 Å². The van der Waals surface area contributed by atoms with Crippen LogP contribution < -0.4 is 5.32 Å². The van der Waals surface area contributed by atoms with Crippen molar-refractivity contribution in [2.45, 2.75) is 26.8 Å². The van der Waals surface area contributed by atoms with Crippen molar-refractivity contribution in [3.63, 3.8) is 0 Å². The molecule has 0 radical (unpaired) electrons. The van der Waals surface area contributed by atoms with Gasteiger partial charge in [-0.05, 0) is 12.3 Å². The highest BCUT2D eigenvalue weighted by Gasteiger charge is 1.96. The van der Waals surface area contributed by atoms with E-state index in [0.717, 1.165) is 38.4 Å². The Hall–Kier alpha value is -0.870. The first-order chi connectivity index (χ1) is 7.29. The second-order valence-electron chi connectivity index (χ2n) is 3.96. The highest BCUT2D eigenvalue weighted by molar-refractivity contribution is 4.93. The van der Waals surface area contributed by atoms with E-state index in [1.54, 1.807) is 6.26 Å². The SMILES string of the molecule is CC(C)CCOCCNCc1ccon1. The summed E-state index contributed by atoms with van der Waals surface area (Å²) in [6.45, 7) is 7.60. The number of aromatic nitrogens is 1. The molecule has 0 aromatic carbocycles. The molecule has 0 atom stereocenters. The molecule has 0 saturated heterocycles. The average Bonchev–Trinajstić information content (AvgIpc) is 2.68. The predicted octanol–water partition coefficient (Wildman–Crippen LogP) is 1.83. The van der Waals surface area contributed by atoms with E-state index in [1.165, 1.54) is 0 Å². The third kappa shape index (κ3) is 6.25. The van der Waals surface area contributed by atoms with Crippen LogP contribution in [-0.4, -0.2) is 24.9 Å². The number of rotatable bonds is 8. The molecule has 0 bridgehead atoms. The van der Waals surface area contributed by atoms with Crippen LogP contribution >= 0.6 is 0 Å². The molecule has 0 aliphatic rings. The molecule has 0 aliphatic carbocycles. The van der Waals surface area contributed by atoms with Crippen molar-refractivity contribution in [3.8, 4) is 0 Å². The Morgan fingerprint density at radius 3 is 3.00 bits per heavy atom. The Labute approximate surface area is 91.0 Å². The molecule has 4 nitrogen and oxygen atoms in total. The normalized spacial score (nSPS) is 11.1. The summed E-state index contributed by atoms with van der Waals surface area (Å²) in [5, 5.41) is 7.02. The van der Waals surface area contributed by atoms with Crippen LogP contribution in [0, 0.1) is 5.92 Å². The largest absolute Gasteiger partial charge is 0.380 e. The Bertz CT molecular complexity index is 235. The van der Waals surface area contributed by atoms with Gasteiger partial charge in [0.2, 0.25) is 0 Å². The van der Waals surface area contributed by atoms with Crippen LogP contribution in [0.25, 0.3) is 0 Å². The van der Waals surface area contributed by atoms with Crippen LogP contribution in [0.1, 0.15) is 26.0 Å². The molecule has 1 rings (SSSR count). The molecular formula is C11H20N2O2. The minimum Gasteiger partial charge on any atom is -0.380 e. The highest BCUT2D eigenvalue weighted by Crippen LogP contribution is 1.98. The zero-order valence-corrected chi connectivity index (χ0v) is 9.53. The van der Waals surface area contributed by atoms with Crippen molar-refractivity contribution in [1.82, 2.24) is 10.5 Å². The molecule has 4 heteroatoms. The van der Waals surface area contributed by atoms with E-state index in [2.05, 4.69) is 24.3 Å². The smallest absolute Gasteiger partial charge is 0.124 e. The van der Waals surface area contributed by atoms with Crippen molar-refractivity contribution in [2.24, 2.45) is 5.92 Å². The predicted molar refractivity (Wildman–Crippen MR) is 58.5 cm³/mol. The molecule has 0 spiro atoms. The van der Waals surface area contributed by atoms with Crippen LogP contribution in [0.2, 0.25) is 0 Å². The van der Waals surface area contributed by atoms with E-state index in [-0.39, 0.29) is 0 Å². The molecule has 1 aromatic rings. The van der Waals surface area contributed by atoms with E-state index < -0.39 is 0 Å². The van der Waals surface area contributed by atoms with Gasteiger partial charge >= 0.3 is 0 Å². The monoisotopic (exact) mass is 212 g/mol. The number of nitrogens with one attached hydrogen (secondary N) is 1. The lowest BCUT2D eigenvalue weighted by atomic mass is 10.1. The van der Waals surface area contributed by atoms with E-state index in [1.807, 2.05) is 6.07 Å². The molecule has 1 N–H and O–H groups in total. The van der Waals surface area contributed by atoms with Crippen molar-refractivity contribution < 1.29 is 9.26 Å². The molecular weight excluding hydrogens is 192 g/mol. The third-order valence-corrected chi connectivity index (χ3v) is 2.06. The molecule has 0 unspecified atom stereocenters. The first kappa shape index (κ1) is 12.2. The maximum absolute atomic E-state index is 5.46. The topological polar surface area (TPSA) is 47.3 Å². The number of nitrogens with zero attached hydrogens (tertiary/aromatic N) is 1. The van der Waals surface area contributed by atoms with Gasteiger partial charge in [-0.2, -0.15) is 0 Å². The van der Waals surface area contributed by atoms with Crippen LogP contribution in [0.4, 0.5) is 0 Å². The Balaban J connectivity index is 1.85. The van der Waals surface area contributed by atoms with Crippen LogP contribution in [-0.2, 0) is 11.3 Å². The van der Waals surface area contributed by atoms with Gasteiger partial charge < -0.3 is 14.6 Å². The molecule has 0 aliphatic heterocycles. The van der Waals surface area contributed by atoms with Crippen molar-refractivity contribution in [1.29, 1.82) is 0 Å². The fourth-order valence-corrected chi connectivity index (χ4v) is 1.11. The van der Waals surface area contributed by atoms with Gasteiger partial charge in [0.1, 0.15) is 6.26 Å². The van der Waals surface area contributed by atoms with Crippen molar-refractivity contribution in [2.75, 3.05) is 19.8 Å². The second-order valence-corrected chi connectivity index (χ2v) is 3.96. The zero-order chi connectivity index (χ0) is 10.9. The summed E-state index contributed by atoms with van der Waals surface area (Å²) in [5.41, 5.74) is 0.928. The van der Waals surface area contributed by atoms with E-state index in [4.69, 9.17) is 9.26 Å². The first-order valence-electron chi connectivity index (χ1n) is 5.46. The first-order valence-corrected chi connectivity index (χ1v) is 5.46. The van der Waals surface area contributed by atoms with Crippen LogP contribution in [0.5, 0.6) is 0 Å². The summed E-state index contributed by atoms with van der Waals surface area (Å²) in [6, 6.07) is 1.85. The van der Waals surface area contributed by atoms with Gasteiger partial charge in [0, 0.05) is 25.8 Å². The molecule has 0 fully saturated rings. The fourth-order valence-electron chi connectivity index (χ4n) is 1.11. The van der Waals surface area contributed by atoms with Gasteiger partial charge in [0.05, 0.1) is 12.3 Å². The van der Waals surface area contributed by atoms with Gasteiger partial charge in [-0.1, -0.05) is 19.0 Å². The van der Waals surface area contributed by atoms with E-state index >= 15 is 0 Å². The lowest BCUT2D eigenvalue weighted by Crippen LogP contribution is -2.19. The summed E-state index contributed by atoms with van der Waals surface area (Å²) in [6.07, 6.45) is 2.71. The summed E-state index contributed by atoms with van der Waals surface area (Å²) < 4.78 is 10.2. The Morgan fingerprint density at radius 1 is 1.47 bits per heavy atom. The maximum Gasteiger partial charge on any atom is 0.124 e. The third-order valence-electron chi connectivity index (χ3n) is 2.06. The van der Waals surface area contributed by atoms with Crippen molar-refractivity contribution >= 4 is 0 Å². The summed E-state index contributed by atoms with van der Waals surface area (Å²) in [5.74, 6) is 0.716. The molecule has 15 heavy (non-hydrogen) atoms. The molecule has 1 aromatic heterocycles. The number of hydrogen-bond donors (Lipinski definition) is 1. The van der Waals surface area contributed by atoms with Gasteiger partial charge in [-0.15, -0.1) is 0 Å². The molecule has 0 amide bonds. The lowest BCUT2D eigenvalue weighted by molar-refractivity contribution is 0.125. The van der Waals surface area contributed by atoms with Crippen molar-refractivity contribution in [3.05, 3.63) is 18.0 Å². The number of ether oxygens (including phenoxy) is 1. The Morgan fingerprint density at radius 2 is 2.33 bits per heavy atom. The van der Waals surface area contributed by atoms with Crippen LogP contribution in [0.15, 0.2) is 16.9 Å². The van der Waals surface area contributed by atoms with E-state index in [9.17, 15) is 0 Å².